The number of rotatable bonds is 4. The van der Waals surface area contributed by atoms with E-state index in [1.165, 1.54) is 6.42 Å². The molecule has 0 heterocycles. The molecule has 1 aromatic carbocycles. The molecule has 1 aliphatic rings. The van der Waals surface area contributed by atoms with Crippen LogP contribution in [0.1, 0.15) is 32.6 Å². The second-order valence-electron chi connectivity index (χ2n) is 5.16. The molecule has 1 fully saturated rings. The molecule has 1 amide bonds. The highest BCUT2D eigenvalue weighted by molar-refractivity contribution is 9.10. The Balaban J connectivity index is 1.75. The predicted octanol–water partition coefficient (Wildman–Crippen LogP) is 3.51. The summed E-state index contributed by atoms with van der Waals surface area (Å²) in [5.74, 6) is 1.11. The van der Waals surface area contributed by atoms with Gasteiger partial charge in [-0.2, -0.15) is 5.10 Å². The molecule has 1 atom stereocenters. The minimum Gasteiger partial charge on any atom is -0.484 e. The highest BCUT2D eigenvalue weighted by Gasteiger charge is 2.14. The third kappa shape index (κ3) is 4.96. The first kappa shape index (κ1) is 15.0. The fourth-order valence-electron chi connectivity index (χ4n) is 2.22. The number of carbonyl (C=O) groups excluding carboxylic acids is 1. The lowest BCUT2D eigenvalue weighted by atomic mass is 9.89. The summed E-state index contributed by atoms with van der Waals surface area (Å²) in [5, 5.41) is 4.19. The molecule has 0 bridgehead atoms. The summed E-state index contributed by atoms with van der Waals surface area (Å²) in [5.41, 5.74) is 3.65. The molecule has 1 aliphatic carbocycles. The number of benzene rings is 1. The van der Waals surface area contributed by atoms with E-state index in [0.29, 0.717) is 11.7 Å². The first-order valence-electron chi connectivity index (χ1n) is 6.86. The van der Waals surface area contributed by atoms with Crippen molar-refractivity contribution in [3.8, 4) is 5.75 Å². The minimum atomic E-state index is -0.223. The molecule has 0 spiro atoms. The van der Waals surface area contributed by atoms with Crippen LogP contribution in [0.15, 0.2) is 33.8 Å². The van der Waals surface area contributed by atoms with Crippen LogP contribution in [0.25, 0.3) is 0 Å². The average molecular weight is 339 g/mol. The predicted molar refractivity (Wildman–Crippen MR) is 82.8 cm³/mol. The van der Waals surface area contributed by atoms with Crippen LogP contribution in [0.4, 0.5) is 0 Å². The van der Waals surface area contributed by atoms with E-state index in [-0.39, 0.29) is 12.5 Å². The van der Waals surface area contributed by atoms with E-state index in [2.05, 4.69) is 33.4 Å². The second kappa shape index (κ2) is 7.43. The van der Waals surface area contributed by atoms with E-state index in [1.54, 1.807) is 0 Å². The number of nitrogens with zero attached hydrogens (tertiary/aromatic N) is 1. The smallest absolute Gasteiger partial charge is 0.277 e. The fraction of sp³-hybridized carbons (Fsp3) is 0.467. The summed E-state index contributed by atoms with van der Waals surface area (Å²) >= 11 is 3.35. The lowest BCUT2D eigenvalue weighted by Gasteiger charge is -2.18. The largest absolute Gasteiger partial charge is 0.484 e. The van der Waals surface area contributed by atoms with Gasteiger partial charge in [-0.05, 0) is 55.9 Å². The number of halogens is 1. The number of ether oxygens (including phenoxy) is 1. The molecule has 0 saturated heterocycles. The van der Waals surface area contributed by atoms with Gasteiger partial charge in [0.1, 0.15) is 5.75 Å². The van der Waals surface area contributed by atoms with Crippen molar-refractivity contribution < 1.29 is 9.53 Å². The molecule has 0 unspecified atom stereocenters. The Morgan fingerprint density at radius 3 is 2.90 bits per heavy atom. The molecular weight excluding hydrogens is 320 g/mol. The van der Waals surface area contributed by atoms with Crippen LogP contribution < -0.4 is 10.2 Å². The van der Waals surface area contributed by atoms with Crippen molar-refractivity contribution in [1.82, 2.24) is 5.43 Å². The van der Waals surface area contributed by atoms with Gasteiger partial charge in [0.15, 0.2) is 6.61 Å². The quantitative estimate of drug-likeness (QED) is 0.854. The number of hydrogen-bond donors (Lipinski definition) is 1. The van der Waals surface area contributed by atoms with Gasteiger partial charge in [0, 0.05) is 10.2 Å². The molecular formula is C15H19BrN2O2. The topological polar surface area (TPSA) is 50.7 Å². The van der Waals surface area contributed by atoms with Crippen LogP contribution in [-0.2, 0) is 4.79 Å². The van der Waals surface area contributed by atoms with Crippen LogP contribution in [-0.4, -0.2) is 18.2 Å². The summed E-state index contributed by atoms with van der Waals surface area (Å²) in [4.78, 5) is 11.7. The third-order valence-corrected chi connectivity index (χ3v) is 3.80. The zero-order valence-electron chi connectivity index (χ0n) is 11.6. The van der Waals surface area contributed by atoms with Crippen molar-refractivity contribution in [3.05, 3.63) is 28.7 Å². The van der Waals surface area contributed by atoms with Gasteiger partial charge in [-0.25, -0.2) is 5.43 Å². The Bertz CT molecular complexity index is 485. The van der Waals surface area contributed by atoms with Crippen molar-refractivity contribution in [2.24, 2.45) is 11.0 Å². The monoisotopic (exact) mass is 338 g/mol. The number of carbonyl (C=O) groups is 1. The van der Waals surface area contributed by atoms with Crippen LogP contribution in [0.2, 0.25) is 0 Å². The number of hydrazone groups is 1. The zero-order valence-corrected chi connectivity index (χ0v) is 13.1. The van der Waals surface area contributed by atoms with Gasteiger partial charge >= 0.3 is 0 Å². The van der Waals surface area contributed by atoms with Gasteiger partial charge in [-0.15, -0.1) is 0 Å². The molecule has 20 heavy (non-hydrogen) atoms. The van der Waals surface area contributed by atoms with Crippen molar-refractivity contribution in [2.45, 2.75) is 32.6 Å². The van der Waals surface area contributed by atoms with Gasteiger partial charge in [0.05, 0.1) is 0 Å². The van der Waals surface area contributed by atoms with Crippen molar-refractivity contribution >= 4 is 27.5 Å². The van der Waals surface area contributed by atoms with Gasteiger partial charge < -0.3 is 4.74 Å². The van der Waals surface area contributed by atoms with Crippen molar-refractivity contribution in [2.75, 3.05) is 6.61 Å². The Morgan fingerprint density at radius 2 is 2.20 bits per heavy atom. The van der Waals surface area contributed by atoms with Gasteiger partial charge in [0.25, 0.3) is 5.91 Å². The van der Waals surface area contributed by atoms with Gasteiger partial charge in [-0.3, -0.25) is 4.79 Å². The molecule has 0 aliphatic heterocycles. The average Bonchev–Trinajstić information content (AvgIpc) is 2.45. The molecule has 2 rings (SSSR count). The normalized spacial score (nSPS) is 20.7. The molecule has 4 nitrogen and oxygen atoms in total. The summed E-state index contributed by atoms with van der Waals surface area (Å²) in [6, 6.07) is 7.37. The highest BCUT2D eigenvalue weighted by Crippen LogP contribution is 2.21. The molecule has 5 heteroatoms. The van der Waals surface area contributed by atoms with E-state index >= 15 is 0 Å². The van der Waals surface area contributed by atoms with Gasteiger partial charge in [-0.1, -0.05) is 22.9 Å². The van der Waals surface area contributed by atoms with Crippen molar-refractivity contribution in [1.29, 1.82) is 0 Å². The van der Waals surface area contributed by atoms with Crippen LogP contribution >= 0.6 is 15.9 Å². The minimum absolute atomic E-state index is 0.0199. The number of amides is 1. The Kier molecular flexibility index (Phi) is 5.59. The molecule has 108 valence electrons. The number of nitrogens with one attached hydrogen (secondary N) is 1. The van der Waals surface area contributed by atoms with E-state index in [1.807, 2.05) is 24.3 Å². The molecule has 1 N–H and O–H groups in total. The molecule has 1 aromatic rings. The maximum absolute atomic E-state index is 11.7. The van der Waals surface area contributed by atoms with E-state index < -0.39 is 0 Å². The summed E-state index contributed by atoms with van der Waals surface area (Å²) < 4.78 is 6.36. The van der Waals surface area contributed by atoms with Crippen LogP contribution in [0, 0.1) is 5.92 Å². The Hall–Kier alpha value is -1.36. The first-order valence-corrected chi connectivity index (χ1v) is 7.65. The molecule has 0 radical (unpaired) electrons. The van der Waals surface area contributed by atoms with Gasteiger partial charge in [0.2, 0.25) is 0 Å². The molecule has 1 saturated carbocycles. The third-order valence-electron chi connectivity index (χ3n) is 3.27. The second-order valence-corrected chi connectivity index (χ2v) is 6.07. The SMILES string of the molecule is C[C@H]1CCC/C(=N/NC(=O)COc2ccc(Br)cc2)C1. The maximum Gasteiger partial charge on any atom is 0.277 e. The van der Waals surface area contributed by atoms with Crippen LogP contribution in [0.3, 0.4) is 0 Å². The maximum atomic E-state index is 11.7. The summed E-state index contributed by atoms with van der Waals surface area (Å²) in [7, 11) is 0. The van der Waals surface area contributed by atoms with E-state index in [9.17, 15) is 4.79 Å². The highest BCUT2D eigenvalue weighted by atomic mass is 79.9. The van der Waals surface area contributed by atoms with Crippen molar-refractivity contribution in [3.63, 3.8) is 0 Å². The Morgan fingerprint density at radius 1 is 1.45 bits per heavy atom. The summed E-state index contributed by atoms with van der Waals surface area (Å²) in [6.45, 7) is 2.20. The van der Waals surface area contributed by atoms with E-state index in [0.717, 1.165) is 29.4 Å². The lowest BCUT2D eigenvalue weighted by molar-refractivity contribution is -0.123. The molecule has 0 aromatic heterocycles. The lowest BCUT2D eigenvalue weighted by Crippen LogP contribution is -2.26. The standard InChI is InChI=1S/C15H19BrN2O2/c1-11-3-2-4-13(9-11)17-18-15(19)10-20-14-7-5-12(16)6-8-14/h5-8,11H,2-4,9-10H2,1H3,(H,18,19)/b17-13-/t11-/m0/s1. The number of hydrogen-bond acceptors (Lipinski definition) is 3. The van der Waals surface area contributed by atoms with Crippen LogP contribution in [0.5, 0.6) is 5.75 Å². The van der Waals surface area contributed by atoms with E-state index in [4.69, 9.17) is 4.74 Å². The first-order chi connectivity index (χ1) is 9.63. The fourth-order valence-corrected chi connectivity index (χ4v) is 2.48. The zero-order chi connectivity index (χ0) is 14.4. The Labute approximate surface area is 127 Å². The summed E-state index contributed by atoms with van der Waals surface area (Å²) in [6.07, 6.45) is 4.37.